The van der Waals surface area contributed by atoms with E-state index in [1.54, 1.807) is 6.20 Å². The van der Waals surface area contributed by atoms with Crippen molar-refractivity contribution < 1.29 is 33.4 Å². The standard InChI is InChI=1S/C50H57N9O7/c1-28(2)22-35(55-49(62)64-5)46(60)57-20-10-14-39(57)44-52-27-37(54-44)32-16-18-34-41-24-33-23-31(17-19-38(33)59(41)48(66-42(34)25-32)30-12-8-7-9-13-30)36-26-51-45(53-36)40-15-11-21-58(40)47(61)43(29(3)4)56-50(63)65-6/h7-9,12-13,16-19,23-29,35,39-40,43,48H,10-11,14-15,20-22H2,1-6H3,(H,51,53)(H,52,54)(H,55,62)(H,56,63)/t35-,39-,40-,43-,48-/m0/s1. The van der Waals surface area contributed by atoms with Crippen molar-refractivity contribution >= 4 is 34.9 Å². The van der Waals surface area contributed by atoms with Gasteiger partial charge in [-0.05, 0) is 74.3 Å². The summed E-state index contributed by atoms with van der Waals surface area (Å²) in [4.78, 5) is 72.2. The molecule has 3 aromatic heterocycles. The lowest BCUT2D eigenvalue weighted by molar-refractivity contribution is -0.136. The van der Waals surface area contributed by atoms with Crippen LogP contribution in [0.1, 0.15) is 95.3 Å². The van der Waals surface area contributed by atoms with Gasteiger partial charge in [0.15, 0.2) is 0 Å². The van der Waals surface area contributed by atoms with Gasteiger partial charge in [0.05, 0.1) is 61.3 Å². The molecule has 9 rings (SSSR count). The zero-order chi connectivity index (χ0) is 46.2. The average molecular weight is 896 g/mol. The Hall–Kier alpha value is -7.10. The van der Waals surface area contributed by atoms with Crippen molar-refractivity contribution in [3.8, 4) is 39.5 Å². The predicted molar refractivity (Wildman–Crippen MR) is 248 cm³/mol. The Morgan fingerprint density at radius 1 is 0.758 bits per heavy atom. The Bertz CT molecular complexity index is 2760. The first-order chi connectivity index (χ1) is 31.9. The second-order valence-corrected chi connectivity index (χ2v) is 18.2. The summed E-state index contributed by atoms with van der Waals surface area (Å²) in [5.74, 6) is 1.89. The van der Waals surface area contributed by atoms with E-state index >= 15 is 0 Å². The Morgan fingerprint density at radius 3 is 1.98 bits per heavy atom. The molecule has 16 nitrogen and oxygen atoms in total. The number of hydrogen-bond acceptors (Lipinski definition) is 9. The topological polar surface area (TPSA) is 189 Å². The maximum atomic E-state index is 13.9. The van der Waals surface area contributed by atoms with Crippen LogP contribution < -0.4 is 15.4 Å². The number of imidazole rings is 2. The van der Waals surface area contributed by atoms with Gasteiger partial charge in [-0.1, -0.05) is 70.2 Å². The lowest BCUT2D eigenvalue weighted by atomic mass is 10.0. The first-order valence-corrected chi connectivity index (χ1v) is 22.8. The number of carbonyl (C=O) groups is 4. The molecule has 6 heterocycles. The van der Waals surface area contributed by atoms with Gasteiger partial charge in [0.25, 0.3) is 0 Å². The second kappa shape index (κ2) is 18.4. The third-order valence-electron chi connectivity index (χ3n) is 13.0. The van der Waals surface area contributed by atoms with Crippen molar-refractivity contribution in [2.24, 2.45) is 11.8 Å². The first-order valence-electron chi connectivity index (χ1n) is 22.8. The number of benzene rings is 3. The Kier molecular flexibility index (Phi) is 12.3. The third kappa shape index (κ3) is 8.47. The number of amides is 4. The molecule has 3 aromatic carbocycles. The molecule has 344 valence electrons. The number of rotatable bonds is 12. The van der Waals surface area contributed by atoms with Crippen LogP contribution in [0.4, 0.5) is 9.59 Å². The highest BCUT2D eigenvalue weighted by Crippen LogP contribution is 2.46. The molecule has 5 atom stereocenters. The number of likely N-dealkylation sites (tertiary alicyclic amines) is 2. The van der Waals surface area contributed by atoms with Crippen LogP contribution in [0.2, 0.25) is 0 Å². The van der Waals surface area contributed by atoms with Crippen LogP contribution in [0.5, 0.6) is 5.75 Å². The van der Waals surface area contributed by atoms with Crippen molar-refractivity contribution in [3.63, 3.8) is 0 Å². The summed E-state index contributed by atoms with van der Waals surface area (Å²) in [7, 11) is 2.59. The number of carbonyl (C=O) groups excluding carboxylic acids is 4. The van der Waals surface area contributed by atoms with E-state index in [2.05, 4.69) is 73.7 Å². The number of nitrogens with zero attached hydrogens (tertiary/aromatic N) is 5. The predicted octanol–water partition coefficient (Wildman–Crippen LogP) is 8.51. The molecule has 3 aliphatic heterocycles. The molecular formula is C50H57N9O7. The summed E-state index contributed by atoms with van der Waals surface area (Å²) >= 11 is 0. The number of ether oxygens (including phenoxy) is 3. The number of fused-ring (bicyclic) bond motifs is 5. The van der Waals surface area contributed by atoms with Gasteiger partial charge in [-0.2, -0.15) is 0 Å². The molecule has 2 saturated heterocycles. The van der Waals surface area contributed by atoms with E-state index in [0.29, 0.717) is 31.2 Å². The molecule has 3 aliphatic rings. The maximum Gasteiger partial charge on any atom is 0.407 e. The van der Waals surface area contributed by atoms with E-state index in [1.165, 1.54) is 14.2 Å². The van der Waals surface area contributed by atoms with E-state index in [0.717, 1.165) is 81.7 Å². The molecule has 0 spiro atoms. The summed E-state index contributed by atoms with van der Waals surface area (Å²) in [6.07, 6.45) is 5.57. The number of hydrogen-bond donors (Lipinski definition) is 4. The summed E-state index contributed by atoms with van der Waals surface area (Å²) < 4.78 is 18.8. The molecule has 0 unspecified atom stereocenters. The lowest BCUT2D eigenvalue weighted by Crippen LogP contribution is -2.51. The number of aromatic amines is 2. The molecule has 4 amide bonds. The maximum absolute atomic E-state index is 13.9. The molecule has 0 radical (unpaired) electrons. The summed E-state index contributed by atoms with van der Waals surface area (Å²) in [5.41, 5.74) is 7.44. The molecule has 4 N–H and O–H groups in total. The molecule has 0 aliphatic carbocycles. The average Bonchev–Trinajstić information content (AvgIpc) is 4.18. The smallest absolute Gasteiger partial charge is 0.407 e. The van der Waals surface area contributed by atoms with Crippen LogP contribution in [0.3, 0.4) is 0 Å². The van der Waals surface area contributed by atoms with Crippen LogP contribution in [0.25, 0.3) is 44.7 Å². The number of aromatic nitrogens is 5. The highest BCUT2D eigenvalue weighted by Gasteiger charge is 2.39. The van der Waals surface area contributed by atoms with Crippen molar-refractivity contribution in [3.05, 3.63) is 102 Å². The molecule has 2 fully saturated rings. The van der Waals surface area contributed by atoms with Gasteiger partial charge in [-0.3, -0.25) is 9.59 Å². The van der Waals surface area contributed by atoms with Crippen molar-refractivity contribution in [2.75, 3.05) is 27.3 Å². The van der Waals surface area contributed by atoms with E-state index < -0.39 is 30.5 Å². The number of H-pyrrole nitrogens is 2. The van der Waals surface area contributed by atoms with Crippen LogP contribution in [0, 0.1) is 11.8 Å². The van der Waals surface area contributed by atoms with Gasteiger partial charge in [0.1, 0.15) is 29.5 Å². The minimum atomic E-state index is -0.714. The van der Waals surface area contributed by atoms with Gasteiger partial charge in [0, 0.05) is 40.7 Å². The van der Waals surface area contributed by atoms with E-state index in [-0.39, 0.29) is 35.7 Å². The third-order valence-corrected chi connectivity index (χ3v) is 13.0. The number of alkyl carbamates (subject to hydrolysis) is 2. The highest BCUT2D eigenvalue weighted by atomic mass is 16.5. The van der Waals surface area contributed by atoms with Gasteiger partial charge in [-0.25, -0.2) is 19.6 Å². The minimum absolute atomic E-state index is 0.128. The minimum Gasteiger partial charge on any atom is -0.465 e. The molecule has 0 bridgehead atoms. The quantitative estimate of drug-likeness (QED) is 0.0934. The SMILES string of the molecule is COC(=O)N[C@@H](CC(C)C)C(=O)N1CCC[C@H]1c1ncc(-c2ccc3c(c2)O[C@@H](c2ccccc2)n2c-3cc3cc(-c4cnc([C@@H]5CCCN5C(=O)[C@@H](NC(=O)OC)C(C)C)[nH]4)ccc32)[nH]1. The van der Waals surface area contributed by atoms with Crippen molar-refractivity contribution in [1.82, 2.24) is 44.9 Å². The summed E-state index contributed by atoms with van der Waals surface area (Å²) in [5, 5.41) is 6.49. The van der Waals surface area contributed by atoms with Gasteiger partial charge >= 0.3 is 12.2 Å². The van der Waals surface area contributed by atoms with E-state index in [9.17, 15) is 19.2 Å². The second-order valence-electron chi connectivity index (χ2n) is 18.2. The molecular weight excluding hydrogens is 839 g/mol. The molecule has 6 aromatic rings. The molecule has 0 saturated carbocycles. The largest absolute Gasteiger partial charge is 0.465 e. The zero-order valence-corrected chi connectivity index (χ0v) is 38.2. The fourth-order valence-corrected chi connectivity index (χ4v) is 9.78. The normalized spacial score (nSPS) is 18.8. The van der Waals surface area contributed by atoms with Crippen LogP contribution in [0.15, 0.2) is 85.2 Å². The van der Waals surface area contributed by atoms with Crippen molar-refractivity contribution in [2.45, 2.75) is 90.2 Å². The summed E-state index contributed by atoms with van der Waals surface area (Å²) in [6.45, 7) is 9.00. The highest BCUT2D eigenvalue weighted by molar-refractivity contribution is 5.93. The van der Waals surface area contributed by atoms with Gasteiger partial charge < -0.3 is 49.2 Å². The van der Waals surface area contributed by atoms with Gasteiger partial charge in [-0.15, -0.1) is 0 Å². The van der Waals surface area contributed by atoms with E-state index in [4.69, 9.17) is 24.2 Å². The fourth-order valence-electron chi connectivity index (χ4n) is 9.78. The first kappa shape index (κ1) is 44.1. The Labute approximate surface area is 383 Å². The number of methoxy groups -OCH3 is 2. The van der Waals surface area contributed by atoms with Crippen LogP contribution in [-0.2, 0) is 19.1 Å². The Morgan fingerprint density at radius 2 is 1.36 bits per heavy atom. The summed E-state index contributed by atoms with van der Waals surface area (Å²) in [6, 6.07) is 23.0. The Balaban J connectivity index is 0.997. The molecule has 66 heavy (non-hydrogen) atoms. The van der Waals surface area contributed by atoms with Crippen molar-refractivity contribution in [1.29, 1.82) is 0 Å². The van der Waals surface area contributed by atoms with E-state index in [1.807, 2.05) is 68.0 Å². The monoisotopic (exact) mass is 895 g/mol. The fraction of sp³-hybridized carbons (Fsp3) is 0.400. The van der Waals surface area contributed by atoms with Gasteiger partial charge in [0.2, 0.25) is 18.0 Å². The van der Waals surface area contributed by atoms with Crippen LogP contribution in [-0.4, -0.2) is 97.7 Å². The lowest BCUT2D eigenvalue weighted by Gasteiger charge is -2.30. The molecule has 16 heteroatoms. The van der Waals surface area contributed by atoms with Crippen LogP contribution >= 0.6 is 0 Å². The number of nitrogens with one attached hydrogen (secondary N) is 4. The zero-order valence-electron chi connectivity index (χ0n) is 38.2.